The van der Waals surface area contributed by atoms with E-state index in [9.17, 15) is 14.9 Å². The van der Waals surface area contributed by atoms with Gasteiger partial charge in [0.1, 0.15) is 17.5 Å². The number of ether oxygens (including phenoxy) is 1. The Morgan fingerprint density at radius 3 is 2.23 bits per heavy atom. The molecule has 7 heteroatoms. The van der Waals surface area contributed by atoms with Gasteiger partial charge < -0.3 is 19.1 Å². The molecule has 3 aromatic rings. The van der Waals surface area contributed by atoms with Crippen LogP contribution in [-0.4, -0.2) is 37.0 Å². The molecule has 0 fully saturated rings. The zero-order chi connectivity index (χ0) is 22.1. The maximum Gasteiger partial charge on any atom is 0.340 e. The summed E-state index contributed by atoms with van der Waals surface area (Å²) in [5, 5.41) is 10.5. The molecule has 31 heavy (non-hydrogen) atoms. The first-order valence-corrected chi connectivity index (χ1v) is 9.97. The number of hydrogen-bond donors (Lipinski definition) is 0. The summed E-state index contributed by atoms with van der Waals surface area (Å²) in [6.45, 7) is 2.19. The van der Waals surface area contributed by atoms with Gasteiger partial charge in [0.15, 0.2) is 6.61 Å². The number of esters is 1. The van der Waals surface area contributed by atoms with Crippen LogP contribution in [0, 0.1) is 11.3 Å². The minimum absolute atomic E-state index is 0.0509. The molecule has 7 nitrogen and oxygen atoms in total. The third-order valence-corrected chi connectivity index (χ3v) is 5.54. The Morgan fingerprint density at radius 2 is 1.61 bits per heavy atom. The number of carbonyl (C=O) groups excluding carboxylic acids is 2. The number of nitrogens with zero attached hydrogens (tertiary/aromatic N) is 4. The Hall–Kier alpha value is -4.05. The lowest BCUT2D eigenvalue weighted by Gasteiger charge is -2.19. The molecule has 156 valence electrons. The quantitative estimate of drug-likeness (QED) is 0.360. The molecule has 0 amide bonds. The second-order valence-electron chi connectivity index (χ2n) is 7.26. The van der Waals surface area contributed by atoms with Crippen LogP contribution in [0.25, 0.3) is 10.9 Å². The summed E-state index contributed by atoms with van der Waals surface area (Å²) in [6.07, 6.45) is 1.73. The summed E-state index contributed by atoms with van der Waals surface area (Å²) in [4.78, 5) is 29.2. The Balaban J connectivity index is 1.57. The Kier molecular flexibility index (Phi) is 5.22. The largest absolute Gasteiger partial charge is 0.454 e. The number of carbonyl (C=O) groups is 2. The minimum Gasteiger partial charge on any atom is -0.454 e. The smallest absolute Gasteiger partial charge is 0.340 e. The maximum absolute atomic E-state index is 12.8. The summed E-state index contributed by atoms with van der Waals surface area (Å²) in [6, 6.07) is 17.2. The second-order valence-corrected chi connectivity index (χ2v) is 7.26. The van der Waals surface area contributed by atoms with Crippen LogP contribution in [0.3, 0.4) is 0 Å². The maximum atomic E-state index is 12.8. The average Bonchev–Trinajstić information content (AvgIpc) is 3.29. The first-order valence-electron chi connectivity index (χ1n) is 9.97. The lowest BCUT2D eigenvalue weighted by molar-refractivity contribution is -0.118. The van der Waals surface area contributed by atoms with E-state index in [2.05, 4.69) is 0 Å². The van der Waals surface area contributed by atoms with E-state index < -0.39 is 18.4 Å². The zero-order valence-electron chi connectivity index (χ0n) is 17.6. The van der Waals surface area contributed by atoms with E-state index in [1.807, 2.05) is 66.1 Å². The van der Waals surface area contributed by atoms with Gasteiger partial charge in [-0.1, -0.05) is 30.3 Å². The lowest BCUT2D eigenvalue weighted by Crippen LogP contribution is -2.27. The predicted octanol–water partition coefficient (Wildman–Crippen LogP) is 3.71. The molecule has 2 aromatic carbocycles. The molecule has 0 unspecified atom stereocenters. The summed E-state index contributed by atoms with van der Waals surface area (Å²) in [5.74, 6) is -0.667. The van der Waals surface area contributed by atoms with Gasteiger partial charge >= 0.3 is 5.97 Å². The number of Topliss-reactive ketones (excluding diaryl/α,β-unsaturated/α-hetero) is 1. The van der Waals surface area contributed by atoms with Gasteiger partial charge in [-0.05, 0) is 25.1 Å². The molecule has 0 radical (unpaired) electrons. The van der Waals surface area contributed by atoms with Crippen LogP contribution in [-0.2, 0) is 16.1 Å². The number of fused-ring (bicyclic) bond motifs is 2. The number of nitriles is 1. The van der Waals surface area contributed by atoms with Crippen molar-refractivity contribution in [2.75, 3.05) is 30.5 Å². The van der Waals surface area contributed by atoms with Crippen molar-refractivity contribution in [2.24, 2.45) is 0 Å². The molecule has 0 spiro atoms. The number of aryl methyl sites for hydroxylation is 1. The number of hydrogen-bond acceptors (Lipinski definition) is 6. The molecule has 1 aliphatic rings. The van der Waals surface area contributed by atoms with Gasteiger partial charge in [-0.15, -0.1) is 0 Å². The van der Waals surface area contributed by atoms with Crippen molar-refractivity contribution in [1.82, 2.24) is 4.57 Å². The van der Waals surface area contributed by atoms with Crippen molar-refractivity contribution in [2.45, 2.75) is 13.5 Å². The van der Waals surface area contributed by atoms with Crippen molar-refractivity contribution in [3.05, 3.63) is 71.7 Å². The molecule has 2 heterocycles. The van der Waals surface area contributed by atoms with E-state index >= 15 is 0 Å². The number of para-hydroxylation sites is 3. The van der Waals surface area contributed by atoms with Crippen molar-refractivity contribution >= 4 is 34.0 Å². The molecule has 4 rings (SSSR count). The number of rotatable bonds is 5. The third kappa shape index (κ3) is 3.32. The highest BCUT2D eigenvalue weighted by Crippen LogP contribution is 2.40. The van der Waals surface area contributed by atoms with Crippen molar-refractivity contribution in [1.29, 1.82) is 5.26 Å². The standard InChI is InChI=1S/C24H22N4O3/c1-4-28-14-18(16-9-5-6-10-19(16)28)24(30)31-15-22(29)17(13-25)23-26(2)20-11-7-8-12-21(20)27(23)3/h5-12,14H,4,15H2,1-3H3. The van der Waals surface area contributed by atoms with Crippen LogP contribution in [0.5, 0.6) is 0 Å². The average molecular weight is 414 g/mol. The molecule has 0 N–H and O–H groups in total. The van der Waals surface area contributed by atoms with Crippen LogP contribution < -0.4 is 9.80 Å². The van der Waals surface area contributed by atoms with Gasteiger partial charge in [-0.3, -0.25) is 4.79 Å². The first-order chi connectivity index (χ1) is 15.0. The highest BCUT2D eigenvalue weighted by atomic mass is 16.5. The van der Waals surface area contributed by atoms with Gasteiger partial charge in [0, 0.05) is 37.7 Å². The van der Waals surface area contributed by atoms with E-state index in [1.165, 1.54) is 0 Å². The molecule has 0 atom stereocenters. The minimum atomic E-state index is -0.588. The number of ketones is 1. The molecule has 1 aromatic heterocycles. The predicted molar refractivity (Wildman–Crippen MR) is 119 cm³/mol. The fourth-order valence-electron chi connectivity index (χ4n) is 4.01. The van der Waals surface area contributed by atoms with Crippen LogP contribution in [0.4, 0.5) is 11.4 Å². The topological polar surface area (TPSA) is 78.6 Å². The summed E-state index contributed by atoms with van der Waals surface area (Å²) in [5.41, 5.74) is 3.06. The van der Waals surface area contributed by atoms with Gasteiger partial charge in [0.2, 0.25) is 5.78 Å². The molecule has 0 saturated heterocycles. The number of anilines is 2. The summed E-state index contributed by atoms with van der Waals surface area (Å²) >= 11 is 0. The third-order valence-electron chi connectivity index (χ3n) is 5.54. The van der Waals surface area contributed by atoms with Crippen LogP contribution in [0.15, 0.2) is 66.1 Å². The van der Waals surface area contributed by atoms with Crippen molar-refractivity contribution < 1.29 is 14.3 Å². The fourth-order valence-corrected chi connectivity index (χ4v) is 4.01. The van der Waals surface area contributed by atoms with Gasteiger partial charge in [-0.2, -0.15) is 5.26 Å². The van der Waals surface area contributed by atoms with E-state index in [0.717, 1.165) is 22.3 Å². The van der Waals surface area contributed by atoms with Gasteiger partial charge in [-0.25, -0.2) is 4.79 Å². The summed E-state index contributed by atoms with van der Waals surface area (Å²) in [7, 11) is 3.60. The number of benzene rings is 2. The highest BCUT2D eigenvalue weighted by Gasteiger charge is 2.31. The molecular weight excluding hydrogens is 392 g/mol. The monoisotopic (exact) mass is 414 g/mol. The van der Waals surface area contributed by atoms with E-state index in [1.54, 1.807) is 30.1 Å². The molecule has 0 aliphatic carbocycles. The SMILES string of the molecule is CCn1cc(C(=O)OCC(=O)C(C#N)=C2N(C)c3ccccc3N2C)c2ccccc21. The Morgan fingerprint density at radius 1 is 1.00 bits per heavy atom. The normalized spacial score (nSPS) is 12.6. The first kappa shape index (κ1) is 20.2. The second kappa shape index (κ2) is 8.00. The van der Waals surface area contributed by atoms with Gasteiger partial charge in [0.25, 0.3) is 0 Å². The Labute approximate surface area is 180 Å². The molecule has 0 saturated carbocycles. The van der Waals surface area contributed by atoms with Crippen molar-refractivity contribution in [3.8, 4) is 6.07 Å². The number of aromatic nitrogens is 1. The fraction of sp³-hybridized carbons (Fsp3) is 0.208. The summed E-state index contributed by atoms with van der Waals surface area (Å²) < 4.78 is 7.28. The van der Waals surface area contributed by atoms with E-state index in [4.69, 9.17) is 4.74 Å². The molecule has 0 bridgehead atoms. The van der Waals surface area contributed by atoms with E-state index in [-0.39, 0.29) is 5.57 Å². The highest BCUT2D eigenvalue weighted by molar-refractivity contribution is 6.07. The Bertz CT molecular complexity index is 1230. The lowest BCUT2D eigenvalue weighted by atomic mass is 10.1. The van der Waals surface area contributed by atoms with Gasteiger partial charge in [0.05, 0.1) is 16.9 Å². The molecular formula is C24H22N4O3. The van der Waals surface area contributed by atoms with Crippen LogP contribution >= 0.6 is 0 Å². The zero-order valence-corrected chi connectivity index (χ0v) is 17.6. The van der Waals surface area contributed by atoms with Crippen molar-refractivity contribution in [3.63, 3.8) is 0 Å². The molecule has 1 aliphatic heterocycles. The van der Waals surface area contributed by atoms with E-state index in [0.29, 0.717) is 17.9 Å². The van der Waals surface area contributed by atoms with Crippen LogP contribution in [0.1, 0.15) is 17.3 Å². The van der Waals surface area contributed by atoms with Crippen LogP contribution in [0.2, 0.25) is 0 Å².